The van der Waals surface area contributed by atoms with E-state index < -0.39 is 0 Å². The van der Waals surface area contributed by atoms with Crippen LogP contribution in [0.15, 0.2) is 24.3 Å². The Kier molecular flexibility index (Phi) is 2.42. The minimum atomic E-state index is -0.155. The lowest BCUT2D eigenvalue weighted by Crippen LogP contribution is -2.20. The fraction of sp³-hybridized carbons (Fsp3) is 0. The molecule has 0 aliphatic heterocycles. The molecule has 0 unspecified atom stereocenters. The lowest BCUT2D eigenvalue weighted by molar-refractivity contribution is 0.563. The summed E-state index contributed by atoms with van der Waals surface area (Å²) in [6.07, 6.45) is 1.74. The Balaban J connectivity index is 2.86. The molecule has 0 amide bonds. The largest absolute Gasteiger partial charge is 0.370 e. The predicted octanol–water partition coefficient (Wildman–Crippen LogP) is 0.450. The Bertz CT molecular complexity index is 309. The molecule has 0 saturated carbocycles. The van der Waals surface area contributed by atoms with E-state index in [-0.39, 0.29) is 5.96 Å². The van der Waals surface area contributed by atoms with E-state index in [1.165, 1.54) is 0 Å². The fourth-order valence-corrected chi connectivity index (χ4v) is 0.816. The first-order chi connectivity index (χ1) is 5.72. The molecule has 0 bridgehead atoms. The van der Waals surface area contributed by atoms with Gasteiger partial charge in [-0.1, -0.05) is 12.1 Å². The van der Waals surface area contributed by atoms with E-state index in [0.717, 1.165) is 0 Å². The van der Waals surface area contributed by atoms with Crippen molar-refractivity contribution < 1.29 is 4.79 Å². The molecular weight excluding hydrogens is 154 g/mol. The molecule has 4 nitrogen and oxygen atoms in total. The first-order valence-corrected chi connectivity index (χ1v) is 3.31. The maximum Gasteiger partial charge on any atom is 0.233 e. The highest BCUT2D eigenvalue weighted by Crippen LogP contribution is 2.07. The van der Waals surface area contributed by atoms with Gasteiger partial charge in [0.25, 0.3) is 0 Å². The van der Waals surface area contributed by atoms with Crippen LogP contribution in [0.5, 0.6) is 0 Å². The van der Waals surface area contributed by atoms with Gasteiger partial charge >= 0.3 is 0 Å². The highest BCUT2D eigenvalue weighted by atomic mass is 16.1. The Hall–Kier alpha value is -1.84. The number of nitrogens with one attached hydrogen (secondary N) is 2. The first-order valence-electron chi connectivity index (χ1n) is 3.31. The third-order valence-corrected chi connectivity index (χ3v) is 1.26. The van der Waals surface area contributed by atoms with E-state index >= 15 is 0 Å². The fourth-order valence-electron chi connectivity index (χ4n) is 0.816. The summed E-state index contributed by atoms with van der Waals surface area (Å²) in [4.78, 5) is 10.2. The Morgan fingerprint density at radius 1 is 1.58 bits per heavy atom. The number of rotatable bonds is 2. The predicted molar refractivity (Wildman–Crippen MR) is 46.8 cm³/mol. The second-order valence-electron chi connectivity index (χ2n) is 2.22. The molecule has 0 saturated heterocycles. The summed E-state index contributed by atoms with van der Waals surface area (Å²) in [5, 5.41) is 9.49. The van der Waals surface area contributed by atoms with Crippen molar-refractivity contribution in [1.29, 1.82) is 5.41 Å². The molecular formula is C8H8N3O. The summed E-state index contributed by atoms with van der Waals surface area (Å²) in [6.45, 7) is 0. The molecule has 0 spiro atoms. The van der Waals surface area contributed by atoms with Crippen molar-refractivity contribution in [2.24, 2.45) is 5.73 Å². The van der Waals surface area contributed by atoms with E-state index in [2.05, 4.69) is 5.32 Å². The van der Waals surface area contributed by atoms with Gasteiger partial charge < -0.3 is 11.1 Å². The quantitative estimate of drug-likeness (QED) is 0.436. The average molecular weight is 162 g/mol. The maximum absolute atomic E-state index is 10.2. The maximum atomic E-state index is 10.2. The van der Waals surface area contributed by atoms with E-state index in [0.29, 0.717) is 11.3 Å². The molecule has 0 aliphatic rings. The highest BCUT2D eigenvalue weighted by molar-refractivity contribution is 5.90. The third-order valence-electron chi connectivity index (χ3n) is 1.26. The molecule has 4 heteroatoms. The van der Waals surface area contributed by atoms with Crippen molar-refractivity contribution in [1.82, 2.24) is 0 Å². The second kappa shape index (κ2) is 3.52. The summed E-state index contributed by atoms with van der Waals surface area (Å²) >= 11 is 0. The molecule has 1 aromatic carbocycles. The van der Waals surface area contributed by atoms with Crippen LogP contribution in [0.1, 0.15) is 5.56 Å². The number of nitrogens with two attached hydrogens (primary N) is 1. The van der Waals surface area contributed by atoms with Crippen LogP contribution in [-0.4, -0.2) is 12.2 Å². The Morgan fingerprint density at radius 2 is 2.33 bits per heavy atom. The minimum Gasteiger partial charge on any atom is -0.370 e. The smallest absolute Gasteiger partial charge is 0.233 e. The molecule has 12 heavy (non-hydrogen) atoms. The van der Waals surface area contributed by atoms with Crippen LogP contribution in [0.2, 0.25) is 0 Å². The minimum absolute atomic E-state index is 0.155. The van der Waals surface area contributed by atoms with Crippen molar-refractivity contribution in [3.8, 4) is 0 Å². The second-order valence-corrected chi connectivity index (χ2v) is 2.22. The molecule has 0 aromatic heterocycles. The van der Waals surface area contributed by atoms with Crippen molar-refractivity contribution in [3.05, 3.63) is 29.8 Å². The Morgan fingerprint density at radius 3 is 2.92 bits per heavy atom. The topological polar surface area (TPSA) is 79.0 Å². The van der Waals surface area contributed by atoms with Gasteiger partial charge in [-0.15, -0.1) is 0 Å². The van der Waals surface area contributed by atoms with Gasteiger partial charge in [-0.25, -0.2) is 0 Å². The zero-order valence-electron chi connectivity index (χ0n) is 6.29. The van der Waals surface area contributed by atoms with Crippen LogP contribution in [0.4, 0.5) is 5.69 Å². The summed E-state index contributed by atoms with van der Waals surface area (Å²) in [5.74, 6) is -0.155. The molecule has 0 atom stereocenters. The number of guanidine groups is 1. The van der Waals surface area contributed by atoms with Crippen molar-refractivity contribution in [2.75, 3.05) is 5.32 Å². The standard InChI is InChI=1S/C8H8N3O/c9-8(10)11-7-3-1-2-6(4-7)5-12/h1-4H,(H4,9,10,11). The van der Waals surface area contributed by atoms with E-state index in [9.17, 15) is 4.79 Å². The van der Waals surface area contributed by atoms with Crippen LogP contribution < -0.4 is 11.1 Å². The lowest BCUT2D eigenvalue weighted by Gasteiger charge is -2.02. The Labute approximate surface area is 69.9 Å². The lowest BCUT2D eigenvalue weighted by atomic mass is 10.2. The van der Waals surface area contributed by atoms with Crippen molar-refractivity contribution in [2.45, 2.75) is 0 Å². The summed E-state index contributed by atoms with van der Waals surface area (Å²) in [5.41, 5.74) is 6.14. The molecule has 1 rings (SSSR count). The monoisotopic (exact) mass is 162 g/mol. The molecule has 61 valence electrons. The molecule has 0 aliphatic carbocycles. The number of anilines is 1. The van der Waals surface area contributed by atoms with Crippen LogP contribution in [0.25, 0.3) is 0 Å². The van der Waals surface area contributed by atoms with Crippen LogP contribution in [0.3, 0.4) is 0 Å². The third kappa shape index (κ3) is 2.09. The van der Waals surface area contributed by atoms with Gasteiger partial charge in [0.05, 0.1) is 0 Å². The van der Waals surface area contributed by atoms with Gasteiger partial charge in [-0.3, -0.25) is 10.2 Å². The van der Waals surface area contributed by atoms with E-state index in [1.54, 1.807) is 30.6 Å². The van der Waals surface area contributed by atoms with Gasteiger partial charge in [0.15, 0.2) is 5.96 Å². The van der Waals surface area contributed by atoms with Crippen molar-refractivity contribution >= 4 is 17.9 Å². The van der Waals surface area contributed by atoms with Gasteiger partial charge in [-0.05, 0) is 12.1 Å². The van der Waals surface area contributed by atoms with Gasteiger partial charge in [0.1, 0.15) is 0 Å². The van der Waals surface area contributed by atoms with Gasteiger partial charge in [0, 0.05) is 11.3 Å². The van der Waals surface area contributed by atoms with Gasteiger partial charge in [0.2, 0.25) is 6.29 Å². The molecule has 1 radical (unpaired) electrons. The first kappa shape index (κ1) is 8.26. The average Bonchev–Trinajstić information content (AvgIpc) is 2.03. The summed E-state index contributed by atoms with van der Waals surface area (Å²) in [6, 6.07) is 6.58. The molecule has 0 heterocycles. The SMILES string of the molecule is N=C(N)Nc1cccc([C]=O)c1. The van der Waals surface area contributed by atoms with Crippen LogP contribution in [0, 0.1) is 5.41 Å². The van der Waals surface area contributed by atoms with Crippen LogP contribution >= 0.6 is 0 Å². The number of hydrogen-bond donors (Lipinski definition) is 3. The molecule has 1 aromatic rings. The number of benzene rings is 1. The summed E-state index contributed by atoms with van der Waals surface area (Å²) in [7, 11) is 0. The van der Waals surface area contributed by atoms with Crippen LogP contribution in [-0.2, 0) is 4.79 Å². The van der Waals surface area contributed by atoms with E-state index in [1.807, 2.05) is 0 Å². The number of carbonyl (C=O) groups excluding carboxylic acids is 1. The van der Waals surface area contributed by atoms with Gasteiger partial charge in [-0.2, -0.15) is 0 Å². The number of hydrogen-bond acceptors (Lipinski definition) is 2. The zero-order valence-corrected chi connectivity index (χ0v) is 6.29. The summed E-state index contributed by atoms with van der Waals surface area (Å²) < 4.78 is 0. The molecule has 4 N–H and O–H groups in total. The van der Waals surface area contributed by atoms with E-state index in [4.69, 9.17) is 11.1 Å². The zero-order chi connectivity index (χ0) is 8.97. The highest BCUT2D eigenvalue weighted by Gasteiger charge is 1.94. The normalized spacial score (nSPS) is 9.00. The van der Waals surface area contributed by atoms with Crippen molar-refractivity contribution in [3.63, 3.8) is 0 Å². The molecule has 0 fully saturated rings.